The summed E-state index contributed by atoms with van der Waals surface area (Å²) < 4.78 is 0. The highest BCUT2D eigenvalue weighted by molar-refractivity contribution is 14.0. The molecule has 3 N–H and O–H groups in total. The van der Waals surface area contributed by atoms with Gasteiger partial charge in [0.15, 0.2) is 5.96 Å². The summed E-state index contributed by atoms with van der Waals surface area (Å²) in [5, 5.41) is 9.98. The van der Waals surface area contributed by atoms with Gasteiger partial charge in [0, 0.05) is 49.9 Å². The standard InChI is InChI=1S/C26H37N5O.HI/c1-19-14-23(18-31(19)17-20-10-7-6-8-11-20)29-25(27-5)28-16-21-12-9-13-22(15-21)24(32)30-26(2,3)4;/h6-13,15,19,23H,14,16-18H2,1-5H3,(H,30,32)(H2,27,28,29);1H. The second kappa shape index (κ2) is 12.4. The first-order valence-electron chi connectivity index (χ1n) is 11.4. The third kappa shape index (κ3) is 8.62. The van der Waals surface area contributed by atoms with Crippen LogP contribution in [0.4, 0.5) is 0 Å². The summed E-state index contributed by atoms with van der Waals surface area (Å²) in [5.74, 6) is 0.730. The Hall–Kier alpha value is -2.13. The van der Waals surface area contributed by atoms with Gasteiger partial charge in [-0.3, -0.25) is 14.7 Å². The molecule has 3 rings (SSSR count). The highest BCUT2D eigenvalue weighted by Crippen LogP contribution is 2.20. The Morgan fingerprint density at radius 2 is 1.79 bits per heavy atom. The summed E-state index contributed by atoms with van der Waals surface area (Å²) in [6, 6.07) is 19.2. The monoisotopic (exact) mass is 563 g/mol. The van der Waals surface area contributed by atoms with Crippen LogP contribution in [0.1, 0.15) is 55.6 Å². The first kappa shape index (κ1) is 27.1. The number of hydrogen-bond acceptors (Lipinski definition) is 3. The molecule has 0 aromatic heterocycles. The van der Waals surface area contributed by atoms with Gasteiger partial charge in [-0.1, -0.05) is 42.5 Å². The van der Waals surface area contributed by atoms with Crippen molar-refractivity contribution in [2.45, 2.75) is 64.8 Å². The van der Waals surface area contributed by atoms with Crippen molar-refractivity contribution in [3.8, 4) is 0 Å². The summed E-state index contributed by atoms with van der Waals surface area (Å²) in [6.45, 7) is 10.8. The number of likely N-dealkylation sites (tertiary alicyclic amines) is 1. The highest BCUT2D eigenvalue weighted by atomic mass is 127. The van der Waals surface area contributed by atoms with Crippen molar-refractivity contribution in [1.29, 1.82) is 0 Å². The van der Waals surface area contributed by atoms with Crippen LogP contribution in [0.5, 0.6) is 0 Å². The molecule has 2 aromatic carbocycles. The molecule has 2 aromatic rings. The van der Waals surface area contributed by atoms with Gasteiger partial charge in [0.1, 0.15) is 0 Å². The number of rotatable bonds is 6. The zero-order chi connectivity index (χ0) is 23.1. The lowest BCUT2D eigenvalue weighted by atomic mass is 10.1. The lowest BCUT2D eigenvalue weighted by molar-refractivity contribution is 0.0919. The molecular weight excluding hydrogens is 525 g/mol. The number of benzene rings is 2. The molecule has 2 atom stereocenters. The Kier molecular flexibility index (Phi) is 10.2. The number of hydrogen-bond donors (Lipinski definition) is 3. The number of carbonyl (C=O) groups is 1. The minimum absolute atomic E-state index is 0. The Morgan fingerprint density at radius 3 is 2.45 bits per heavy atom. The van der Waals surface area contributed by atoms with Gasteiger partial charge in [-0.15, -0.1) is 24.0 Å². The van der Waals surface area contributed by atoms with Crippen molar-refractivity contribution in [3.63, 3.8) is 0 Å². The van der Waals surface area contributed by atoms with E-state index in [4.69, 9.17) is 0 Å². The van der Waals surface area contributed by atoms with E-state index >= 15 is 0 Å². The molecule has 1 amide bonds. The zero-order valence-corrected chi connectivity index (χ0v) is 22.7. The quantitative estimate of drug-likeness (QED) is 0.281. The highest BCUT2D eigenvalue weighted by Gasteiger charge is 2.29. The van der Waals surface area contributed by atoms with E-state index in [1.165, 1.54) is 5.56 Å². The summed E-state index contributed by atoms with van der Waals surface area (Å²) in [7, 11) is 1.79. The molecule has 0 saturated carbocycles. The van der Waals surface area contributed by atoms with Gasteiger partial charge < -0.3 is 16.0 Å². The molecule has 0 radical (unpaired) electrons. The summed E-state index contributed by atoms with van der Waals surface area (Å²) in [5.41, 5.74) is 2.80. The molecule has 7 heteroatoms. The fraction of sp³-hybridized carbons (Fsp3) is 0.462. The van der Waals surface area contributed by atoms with Gasteiger partial charge in [0.2, 0.25) is 0 Å². The molecule has 0 aliphatic carbocycles. The van der Waals surface area contributed by atoms with E-state index in [1.807, 2.05) is 45.0 Å². The van der Waals surface area contributed by atoms with Crippen LogP contribution in [-0.4, -0.2) is 48.0 Å². The number of amides is 1. The normalized spacial score (nSPS) is 19.0. The van der Waals surface area contributed by atoms with Crippen molar-refractivity contribution >= 4 is 35.8 Å². The molecule has 1 fully saturated rings. The lowest BCUT2D eigenvalue weighted by Crippen LogP contribution is -2.44. The average Bonchev–Trinajstić information content (AvgIpc) is 3.09. The summed E-state index contributed by atoms with van der Waals surface area (Å²) in [6.07, 6.45) is 1.08. The number of aliphatic imine (C=N–C) groups is 1. The van der Waals surface area contributed by atoms with Crippen LogP contribution < -0.4 is 16.0 Å². The summed E-state index contributed by atoms with van der Waals surface area (Å²) >= 11 is 0. The third-order valence-electron chi connectivity index (χ3n) is 5.63. The Balaban J connectivity index is 0.00000385. The maximum absolute atomic E-state index is 12.5. The fourth-order valence-electron chi connectivity index (χ4n) is 4.05. The van der Waals surface area contributed by atoms with E-state index in [1.54, 1.807) is 7.05 Å². The second-order valence-corrected chi connectivity index (χ2v) is 9.67. The van der Waals surface area contributed by atoms with E-state index in [0.29, 0.717) is 24.2 Å². The predicted octanol–water partition coefficient (Wildman–Crippen LogP) is 4.16. The van der Waals surface area contributed by atoms with Gasteiger partial charge in [0.05, 0.1) is 0 Å². The zero-order valence-electron chi connectivity index (χ0n) is 20.4. The van der Waals surface area contributed by atoms with Gasteiger partial charge in [-0.05, 0) is 57.4 Å². The van der Waals surface area contributed by atoms with E-state index in [2.05, 4.69) is 63.1 Å². The van der Waals surface area contributed by atoms with Crippen LogP contribution in [0.25, 0.3) is 0 Å². The first-order valence-corrected chi connectivity index (χ1v) is 11.4. The first-order chi connectivity index (χ1) is 15.2. The molecule has 180 valence electrons. The van der Waals surface area contributed by atoms with Crippen LogP contribution in [0.3, 0.4) is 0 Å². The maximum atomic E-state index is 12.5. The lowest BCUT2D eigenvalue weighted by Gasteiger charge is -2.21. The fourth-order valence-corrected chi connectivity index (χ4v) is 4.05. The van der Waals surface area contributed by atoms with Crippen molar-refractivity contribution < 1.29 is 4.79 Å². The molecule has 6 nitrogen and oxygen atoms in total. The minimum atomic E-state index is -0.260. The Bertz CT molecular complexity index is 926. The molecule has 0 spiro atoms. The maximum Gasteiger partial charge on any atom is 0.251 e. The van der Waals surface area contributed by atoms with Crippen LogP contribution in [0.15, 0.2) is 59.6 Å². The predicted molar refractivity (Wildman–Crippen MR) is 147 cm³/mol. The van der Waals surface area contributed by atoms with E-state index in [9.17, 15) is 4.79 Å². The summed E-state index contributed by atoms with van der Waals surface area (Å²) in [4.78, 5) is 19.4. The van der Waals surface area contributed by atoms with E-state index in [-0.39, 0.29) is 35.4 Å². The van der Waals surface area contributed by atoms with Gasteiger partial charge in [-0.25, -0.2) is 0 Å². The van der Waals surface area contributed by atoms with Crippen LogP contribution in [0.2, 0.25) is 0 Å². The molecule has 33 heavy (non-hydrogen) atoms. The Labute approximate surface area is 215 Å². The van der Waals surface area contributed by atoms with Crippen molar-refractivity contribution in [2.75, 3.05) is 13.6 Å². The van der Waals surface area contributed by atoms with Gasteiger partial charge >= 0.3 is 0 Å². The largest absolute Gasteiger partial charge is 0.352 e. The molecule has 2 unspecified atom stereocenters. The minimum Gasteiger partial charge on any atom is -0.352 e. The number of nitrogens with one attached hydrogen (secondary N) is 3. The smallest absolute Gasteiger partial charge is 0.251 e. The second-order valence-electron chi connectivity index (χ2n) is 9.67. The van der Waals surface area contributed by atoms with E-state index in [0.717, 1.165) is 31.0 Å². The van der Waals surface area contributed by atoms with Gasteiger partial charge in [0.25, 0.3) is 5.91 Å². The molecule has 1 aliphatic rings. The molecule has 0 bridgehead atoms. The SMILES string of the molecule is CN=C(NCc1cccc(C(=O)NC(C)(C)C)c1)NC1CC(C)N(Cc2ccccc2)C1.I. The number of guanidine groups is 1. The third-order valence-corrected chi connectivity index (χ3v) is 5.63. The number of halogens is 1. The van der Waals surface area contributed by atoms with Crippen LogP contribution in [-0.2, 0) is 13.1 Å². The molecule has 1 aliphatic heterocycles. The van der Waals surface area contributed by atoms with E-state index < -0.39 is 0 Å². The molecule has 1 heterocycles. The van der Waals surface area contributed by atoms with Crippen molar-refractivity contribution in [2.24, 2.45) is 4.99 Å². The average molecular weight is 564 g/mol. The van der Waals surface area contributed by atoms with Gasteiger partial charge in [-0.2, -0.15) is 0 Å². The number of nitrogens with zero attached hydrogens (tertiary/aromatic N) is 2. The van der Waals surface area contributed by atoms with Crippen LogP contribution >= 0.6 is 24.0 Å². The van der Waals surface area contributed by atoms with Crippen molar-refractivity contribution in [1.82, 2.24) is 20.9 Å². The number of carbonyl (C=O) groups excluding carboxylic acids is 1. The Morgan fingerprint density at radius 1 is 1.09 bits per heavy atom. The van der Waals surface area contributed by atoms with Crippen LogP contribution in [0, 0.1) is 0 Å². The molecular formula is C26H38IN5O. The van der Waals surface area contributed by atoms with Crippen molar-refractivity contribution in [3.05, 3.63) is 71.3 Å². The topological polar surface area (TPSA) is 68.8 Å². The molecule has 1 saturated heterocycles.